The Labute approximate surface area is 111 Å². The maximum atomic E-state index is 12.0. The highest BCUT2D eigenvalue weighted by Crippen LogP contribution is 2.29. The molecule has 3 nitrogen and oxygen atoms in total. The first-order valence-electron chi connectivity index (χ1n) is 7.74. The van der Waals surface area contributed by atoms with Crippen molar-refractivity contribution in [1.29, 1.82) is 0 Å². The van der Waals surface area contributed by atoms with Crippen molar-refractivity contribution in [2.75, 3.05) is 0 Å². The van der Waals surface area contributed by atoms with E-state index >= 15 is 0 Å². The van der Waals surface area contributed by atoms with E-state index in [1.165, 1.54) is 32.1 Å². The predicted octanol–water partition coefficient (Wildman–Crippen LogP) is 3.44. The van der Waals surface area contributed by atoms with E-state index in [0.29, 0.717) is 18.0 Å². The molecular formula is C15H28N2O. The molecule has 0 aliphatic heterocycles. The third-order valence-corrected chi connectivity index (χ3v) is 4.96. The Hall–Kier alpha value is -0.730. The van der Waals surface area contributed by atoms with Gasteiger partial charge in [-0.05, 0) is 31.1 Å². The molecule has 3 heteroatoms. The molecule has 2 saturated carbocycles. The van der Waals surface area contributed by atoms with Gasteiger partial charge < -0.3 is 10.6 Å². The lowest BCUT2D eigenvalue weighted by Crippen LogP contribution is -2.50. The Kier molecular flexibility index (Phi) is 4.90. The van der Waals surface area contributed by atoms with Crippen molar-refractivity contribution in [3.63, 3.8) is 0 Å². The van der Waals surface area contributed by atoms with Crippen LogP contribution in [0.15, 0.2) is 0 Å². The van der Waals surface area contributed by atoms with Crippen molar-refractivity contribution < 1.29 is 4.79 Å². The van der Waals surface area contributed by atoms with Gasteiger partial charge in [-0.3, -0.25) is 0 Å². The summed E-state index contributed by atoms with van der Waals surface area (Å²) in [4.78, 5) is 12.0. The first kappa shape index (κ1) is 13.7. The van der Waals surface area contributed by atoms with Gasteiger partial charge in [0.05, 0.1) is 0 Å². The van der Waals surface area contributed by atoms with Gasteiger partial charge >= 0.3 is 6.03 Å². The topological polar surface area (TPSA) is 41.1 Å². The number of hydrogen-bond acceptors (Lipinski definition) is 1. The van der Waals surface area contributed by atoms with Crippen molar-refractivity contribution in [2.45, 2.75) is 77.3 Å². The van der Waals surface area contributed by atoms with Gasteiger partial charge in [-0.2, -0.15) is 0 Å². The molecular weight excluding hydrogens is 224 g/mol. The third-order valence-electron chi connectivity index (χ3n) is 4.96. The minimum absolute atomic E-state index is 0.0628. The molecule has 3 atom stereocenters. The molecule has 0 aromatic rings. The molecule has 0 aromatic heterocycles. The number of hydrogen-bond donors (Lipinski definition) is 2. The molecule has 2 fully saturated rings. The lowest BCUT2D eigenvalue weighted by Gasteiger charge is -2.35. The average Bonchev–Trinajstić information content (AvgIpc) is 2.36. The molecule has 2 aliphatic rings. The van der Waals surface area contributed by atoms with Crippen LogP contribution in [0, 0.1) is 11.8 Å². The third kappa shape index (κ3) is 3.63. The standard InChI is InChI=1S/C15H28N2O/c1-11-7-6-10-14(12(11)2)17-15(18)16-13-8-4-3-5-9-13/h11-14H,3-10H2,1-2H3,(H2,16,17,18)/t11-,12-,14+/m1/s1. The first-order chi connectivity index (χ1) is 8.66. The van der Waals surface area contributed by atoms with Crippen molar-refractivity contribution in [3.05, 3.63) is 0 Å². The summed E-state index contributed by atoms with van der Waals surface area (Å²) in [5.74, 6) is 1.34. The van der Waals surface area contributed by atoms with Gasteiger partial charge in [0.15, 0.2) is 0 Å². The lowest BCUT2D eigenvalue weighted by atomic mass is 9.78. The van der Waals surface area contributed by atoms with Gasteiger partial charge in [0.1, 0.15) is 0 Å². The largest absolute Gasteiger partial charge is 0.335 e. The fourth-order valence-electron chi connectivity index (χ4n) is 3.43. The Morgan fingerprint density at radius 2 is 1.61 bits per heavy atom. The zero-order valence-electron chi connectivity index (χ0n) is 11.9. The van der Waals surface area contributed by atoms with E-state index in [1.807, 2.05) is 0 Å². The summed E-state index contributed by atoms with van der Waals surface area (Å²) < 4.78 is 0. The van der Waals surface area contributed by atoms with Crippen LogP contribution in [-0.4, -0.2) is 18.1 Å². The summed E-state index contributed by atoms with van der Waals surface area (Å²) in [5, 5.41) is 6.35. The van der Waals surface area contributed by atoms with Gasteiger partial charge in [0.2, 0.25) is 0 Å². The molecule has 2 amide bonds. The Morgan fingerprint density at radius 3 is 2.33 bits per heavy atom. The minimum atomic E-state index is 0.0628. The number of carbonyl (C=O) groups excluding carboxylic acids is 1. The van der Waals surface area contributed by atoms with Gasteiger partial charge in [-0.25, -0.2) is 4.79 Å². The highest BCUT2D eigenvalue weighted by atomic mass is 16.2. The first-order valence-corrected chi connectivity index (χ1v) is 7.74. The van der Waals surface area contributed by atoms with Crippen LogP contribution in [-0.2, 0) is 0 Å². The Balaban J connectivity index is 1.75. The Morgan fingerprint density at radius 1 is 0.889 bits per heavy atom. The molecule has 0 radical (unpaired) electrons. The zero-order valence-corrected chi connectivity index (χ0v) is 11.9. The minimum Gasteiger partial charge on any atom is -0.335 e. The number of rotatable bonds is 2. The number of urea groups is 1. The van der Waals surface area contributed by atoms with Crippen molar-refractivity contribution in [3.8, 4) is 0 Å². The normalized spacial score (nSPS) is 34.0. The number of amides is 2. The van der Waals surface area contributed by atoms with E-state index in [0.717, 1.165) is 25.2 Å². The fourth-order valence-corrected chi connectivity index (χ4v) is 3.43. The van der Waals surface area contributed by atoms with Crippen LogP contribution in [0.2, 0.25) is 0 Å². The highest BCUT2D eigenvalue weighted by Gasteiger charge is 2.28. The highest BCUT2D eigenvalue weighted by molar-refractivity contribution is 5.74. The summed E-state index contributed by atoms with van der Waals surface area (Å²) in [7, 11) is 0. The molecule has 0 bridgehead atoms. The van der Waals surface area contributed by atoms with Crippen LogP contribution in [0.1, 0.15) is 65.2 Å². The SMILES string of the molecule is C[C@@H]1[C@H](C)CCC[C@@H]1NC(=O)NC1CCCCC1. The van der Waals surface area contributed by atoms with Crippen molar-refractivity contribution in [1.82, 2.24) is 10.6 Å². The molecule has 104 valence electrons. The van der Waals surface area contributed by atoms with Crippen molar-refractivity contribution >= 4 is 6.03 Å². The lowest BCUT2D eigenvalue weighted by molar-refractivity contribution is 0.191. The van der Waals surface area contributed by atoms with Gasteiger partial charge in [0.25, 0.3) is 0 Å². The predicted molar refractivity (Wildman–Crippen MR) is 74.5 cm³/mol. The van der Waals surface area contributed by atoms with Crippen LogP contribution in [0.25, 0.3) is 0 Å². The zero-order chi connectivity index (χ0) is 13.0. The van der Waals surface area contributed by atoms with Gasteiger partial charge in [-0.15, -0.1) is 0 Å². The summed E-state index contributed by atoms with van der Waals surface area (Å²) in [6.45, 7) is 4.58. The second-order valence-electron chi connectivity index (χ2n) is 6.33. The average molecular weight is 252 g/mol. The molecule has 2 aliphatic carbocycles. The van der Waals surface area contributed by atoms with E-state index in [2.05, 4.69) is 24.5 Å². The molecule has 18 heavy (non-hydrogen) atoms. The van der Waals surface area contributed by atoms with Crippen LogP contribution in [0.5, 0.6) is 0 Å². The second kappa shape index (κ2) is 6.44. The molecule has 2 rings (SSSR count). The summed E-state index contributed by atoms with van der Waals surface area (Å²) >= 11 is 0. The molecule has 0 aromatic carbocycles. The van der Waals surface area contributed by atoms with Crippen LogP contribution < -0.4 is 10.6 Å². The number of nitrogens with one attached hydrogen (secondary N) is 2. The molecule has 2 N–H and O–H groups in total. The van der Waals surface area contributed by atoms with Crippen LogP contribution in [0.4, 0.5) is 4.79 Å². The van der Waals surface area contributed by atoms with Gasteiger partial charge in [0, 0.05) is 12.1 Å². The molecule has 0 heterocycles. The number of carbonyl (C=O) groups is 1. The van der Waals surface area contributed by atoms with E-state index in [9.17, 15) is 4.79 Å². The maximum Gasteiger partial charge on any atom is 0.315 e. The monoisotopic (exact) mass is 252 g/mol. The quantitative estimate of drug-likeness (QED) is 0.776. The summed E-state index contributed by atoms with van der Waals surface area (Å²) in [6.07, 6.45) is 9.88. The smallest absolute Gasteiger partial charge is 0.315 e. The van der Waals surface area contributed by atoms with E-state index in [-0.39, 0.29) is 6.03 Å². The summed E-state index contributed by atoms with van der Waals surface area (Å²) in [6, 6.07) is 0.847. The molecule has 0 spiro atoms. The van der Waals surface area contributed by atoms with Crippen molar-refractivity contribution in [2.24, 2.45) is 11.8 Å². The van der Waals surface area contributed by atoms with E-state index in [4.69, 9.17) is 0 Å². The fraction of sp³-hybridized carbons (Fsp3) is 0.933. The van der Waals surface area contributed by atoms with E-state index < -0.39 is 0 Å². The summed E-state index contributed by atoms with van der Waals surface area (Å²) in [5.41, 5.74) is 0. The Bertz CT molecular complexity index is 274. The molecule has 0 unspecified atom stereocenters. The van der Waals surface area contributed by atoms with Crippen LogP contribution in [0.3, 0.4) is 0 Å². The van der Waals surface area contributed by atoms with Crippen LogP contribution >= 0.6 is 0 Å². The molecule has 0 saturated heterocycles. The maximum absolute atomic E-state index is 12.0. The van der Waals surface area contributed by atoms with E-state index in [1.54, 1.807) is 0 Å². The second-order valence-corrected chi connectivity index (χ2v) is 6.33. The van der Waals surface area contributed by atoms with Gasteiger partial charge in [-0.1, -0.05) is 46.0 Å².